The summed E-state index contributed by atoms with van der Waals surface area (Å²) in [6, 6.07) is 1.73. The van der Waals surface area contributed by atoms with Gasteiger partial charge in [0.1, 0.15) is 0 Å². The van der Waals surface area contributed by atoms with Crippen molar-refractivity contribution in [3.63, 3.8) is 0 Å². The van der Waals surface area contributed by atoms with Gasteiger partial charge < -0.3 is 4.90 Å². The number of likely N-dealkylation sites (N-methyl/N-ethyl adjacent to an activating group) is 1. The monoisotopic (exact) mass is 352 g/mol. The number of hydrogen-bond donors (Lipinski definition) is 0. The molecule has 4 nitrogen and oxygen atoms in total. The lowest BCUT2D eigenvalue weighted by Crippen LogP contribution is -2.52. The van der Waals surface area contributed by atoms with E-state index in [9.17, 15) is 8.42 Å². The minimum absolute atomic E-state index is 0.0202. The number of sulfonamides is 1. The van der Waals surface area contributed by atoms with E-state index in [2.05, 4.69) is 20.8 Å². The highest BCUT2D eigenvalue weighted by Gasteiger charge is 2.34. The molecule has 1 unspecified atom stereocenters. The molecule has 0 bridgehead atoms. The van der Waals surface area contributed by atoms with Gasteiger partial charge in [-0.2, -0.15) is 4.31 Å². The molecule has 102 valence electrons. The summed E-state index contributed by atoms with van der Waals surface area (Å²) in [4.78, 5) is 3.44. The molecule has 1 aromatic heterocycles. The lowest BCUT2D eigenvalue weighted by Gasteiger charge is -2.37. The smallest absolute Gasteiger partial charge is 0.244 e. The van der Waals surface area contributed by atoms with Gasteiger partial charge in [-0.1, -0.05) is 0 Å². The van der Waals surface area contributed by atoms with Gasteiger partial charge >= 0.3 is 0 Å². The quantitative estimate of drug-likeness (QED) is 0.818. The maximum Gasteiger partial charge on any atom is 0.244 e. The Morgan fingerprint density at radius 1 is 1.44 bits per heavy atom. The van der Waals surface area contributed by atoms with Crippen molar-refractivity contribution >= 4 is 37.3 Å². The van der Waals surface area contributed by atoms with E-state index in [1.165, 1.54) is 11.3 Å². The Labute approximate surface area is 121 Å². The van der Waals surface area contributed by atoms with Crippen molar-refractivity contribution in [1.82, 2.24) is 9.21 Å². The molecule has 18 heavy (non-hydrogen) atoms. The van der Waals surface area contributed by atoms with Crippen molar-refractivity contribution in [2.75, 3.05) is 26.7 Å². The largest absolute Gasteiger partial charge is 0.303 e. The van der Waals surface area contributed by atoms with Crippen LogP contribution in [0.5, 0.6) is 0 Å². The van der Waals surface area contributed by atoms with E-state index >= 15 is 0 Å². The average molecular weight is 353 g/mol. The highest BCUT2D eigenvalue weighted by Crippen LogP contribution is 2.32. The molecule has 1 aliphatic rings. The third-order valence-corrected chi connectivity index (χ3v) is 7.02. The van der Waals surface area contributed by atoms with E-state index in [1.807, 2.05) is 20.9 Å². The molecule has 0 radical (unpaired) electrons. The molecular formula is C11H17BrN2O2S2. The van der Waals surface area contributed by atoms with Crippen LogP contribution in [0.1, 0.15) is 11.8 Å². The number of thiophene rings is 1. The molecule has 0 aromatic carbocycles. The highest BCUT2D eigenvalue weighted by molar-refractivity contribution is 9.11. The van der Waals surface area contributed by atoms with Crippen LogP contribution < -0.4 is 0 Å². The lowest BCUT2D eigenvalue weighted by molar-refractivity contribution is 0.170. The molecular weight excluding hydrogens is 336 g/mol. The SMILES string of the molecule is Cc1sc(Br)cc1S(=O)(=O)N1CCN(C)CC1C. The fourth-order valence-corrected chi connectivity index (χ4v) is 6.29. The van der Waals surface area contributed by atoms with Crippen LogP contribution in [0, 0.1) is 6.92 Å². The van der Waals surface area contributed by atoms with Crippen molar-refractivity contribution in [1.29, 1.82) is 0 Å². The second kappa shape index (κ2) is 5.20. The van der Waals surface area contributed by atoms with Gasteiger partial charge in [-0.15, -0.1) is 11.3 Å². The Morgan fingerprint density at radius 3 is 2.61 bits per heavy atom. The van der Waals surface area contributed by atoms with Gasteiger partial charge in [0.2, 0.25) is 10.0 Å². The number of aryl methyl sites for hydroxylation is 1. The molecule has 0 spiro atoms. The minimum Gasteiger partial charge on any atom is -0.303 e. The second-order valence-electron chi connectivity index (χ2n) is 4.70. The third-order valence-electron chi connectivity index (χ3n) is 3.20. The maximum atomic E-state index is 12.6. The molecule has 1 atom stereocenters. The standard InChI is InChI=1S/C11H17BrN2O2S2/c1-8-7-13(3)4-5-14(8)18(15,16)10-6-11(12)17-9(10)2/h6,8H,4-5,7H2,1-3H3. The van der Waals surface area contributed by atoms with Gasteiger partial charge in [0.15, 0.2) is 0 Å². The van der Waals surface area contributed by atoms with E-state index in [-0.39, 0.29) is 6.04 Å². The molecule has 2 rings (SSSR count). The topological polar surface area (TPSA) is 40.6 Å². The van der Waals surface area contributed by atoms with E-state index in [4.69, 9.17) is 0 Å². The molecule has 1 fully saturated rings. The lowest BCUT2D eigenvalue weighted by atomic mass is 10.2. The molecule has 7 heteroatoms. The summed E-state index contributed by atoms with van der Waals surface area (Å²) in [7, 11) is -1.34. The number of nitrogens with zero attached hydrogens (tertiary/aromatic N) is 2. The summed E-state index contributed by atoms with van der Waals surface area (Å²) < 4.78 is 27.7. The van der Waals surface area contributed by atoms with Crippen molar-refractivity contribution in [2.24, 2.45) is 0 Å². The summed E-state index contributed by atoms with van der Waals surface area (Å²) in [5.74, 6) is 0. The zero-order valence-corrected chi connectivity index (χ0v) is 13.9. The molecule has 1 aromatic rings. The Bertz CT molecular complexity index is 541. The van der Waals surface area contributed by atoms with Crippen molar-refractivity contribution in [2.45, 2.75) is 24.8 Å². The van der Waals surface area contributed by atoms with E-state index in [0.717, 1.165) is 21.8 Å². The highest BCUT2D eigenvalue weighted by atomic mass is 79.9. The molecule has 0 aliphatic carbocycles. The van der Waals surface area contributed by atoms with Crippen LogP contribution in [-0.4, -0.2) is 50.3 Å². The first-order chi connectivity index (χ1) is 8.32. The average Bonchev–Trinajstić information content (AvgIpc) is 2.57. The summed E-state index contributed by atoms with van der Waals surface area (Å²) in [6.45, 7) is 5.94. The van der Waals surface area contributed by atoms with Crippen LogP contribution >= 0.6 is 27.3 Å². The summed E-state index contributed by atoms with van der Waals surface area (Å²) in [5, 5.41) is 0. The van der Waals surface area contributed by atoms with Crippen LogP contribution in [-0.2, 0) is 10.0 Å². The Morgan fingerprint density at radius 2 is 2.11 bits per heavy atom. The summed E-state index contributed by atoms with van der Waals surface area (Å²) >= 11 is 4.81. The predicted molar refractivity (Wildman–Crippen MR) is 77.6 cm³/mol. The van der Waals surface area contributed by atoms with Crippen LogP contribution in [0.25, 0.3) is 0 Å². The third kappa shape index (κ3) is 2.65. The van der Waals surface area contributed by atoms with E-state index < -0.39 is 10.0 Å². The van der Waals surface area contributed by atoms with Crippen molar-refractivity contribution in [3.05, 3.63) is 14.7 Å². The molecule has 0 amide bonds. The Kier molecular flexibility index (Phi) is 4.18. The zero-order valence-electron chi connectivity index (χ0n) is 10.7. The Balaban J connectivity index is 2.34. The van der Waals surface area contributed by atoms with Crippen LogP contribution in [0.2, 0.25) is 0 Å². The Hall–Kier alpha value is 0.0500. The molecule has 1 aliphatic heterocycles. The normalized spacial score (nSPS) is 23.4. The van der Waals surface area contributed by atoms with Gasteiger partial charge in [-0.05, 0) is 42.9 Å². The van der Waals surface area contributed by atoms with Gasteiger partial charge in [-0.3, -0.25) is 0 Å². The first-order valence-corrected chi connectivity index (χ1v) is 8.83. The van der Waals surface area contributed by atoms with Gasteiger partial charge in [0, 0.05) is 30.6 Å². The number of halogens is 1. The first kappa shape index (κ1) is 14.5. The van der Waals surface area contributed by atoms with Gasteiger partial charge in [-0.25, -0.2) is 8.42 Å². The number of rotatable bonds is 2. The summed E-state index contributed by atoms with van der Waals surface area (Å²) in [5.41, 5.74) is 0. The number of hydrogen-bond acceptors (Lipinski definition) is 4. The second-order valence-corrected chi connectivity index (χ2v) is 9.19. The van der Waals surface area contributed by atoms with Gasteiger partial charge in [0.05, 0.1) is 8.68 Å². The predicted octanol–water partition coefficient (Wildman–Crippen LogP) is 2.14. The first-order valence-electron chi connectivity index (χ1n) is 5.78. The fourth-order valence-electron chi connectivity index (χ4n) is 2.29. The van der Waals surface area contributed by atoms with E-state index in [0.29, 0.717) is 11.4 Å². The maximum absolute atomic E-state index is 12.6. The van der Waals surface area contributed by atoms with Crippen molar-refractivity contribution in [3.8, 4) is 0 Å². The van der Waals surface area contributed by atoms with Crippen LogP contribution in [0.15, 0.2) is 14.7 Å². The zero-order chi connectivity index (χ0) is 13.5. The van der Waals surface area contributed by atoms with E-state index in [1.54, 1.807) is 10.4 Å². The van der Waals surface area contributed by atoms with Crippen molar-refractivity contribution < 1.29 is 8.42 Å². The summed E-state index contributed by atoms with van der Waals surface area (Å²) in [6.07, 6.45) is 0. The minimum atomic E-state index is -3.36. The van der Waals surface area contributed by atoms with Crippen LogP contribution in [0.3, 0.4) is 0 Å². The fraction of sp³-hybridized carbons (Fsp3) is 0.636. The van der Waals surface area contributed by atoms with Crippen LogP contribution in [0.4, 0.5) is 0 Å². The molecule has 0 saturated carbocycles. The van der Waals surface area contributed by atoms with Gasteiger partial charge in [0.25, 0.3) is 0 Å². The number of piperazine rings is 1. The molecule has 0 N–H and O–H groups in total. The molecule has 1 saturated heterocycles. The molecule has 2 heterocycles.